The van der Waals surface area contributed by atoms with Crippen molar-refractivity contribution in [3.63, 3.8) is 0 Å². The zero-order valence-electron chi connectivity index (χ0n) is 13.1. The first-order valence-corrected chi connectivity index (χ1v) is 8.85. The molecule has 126 valence electrons. The van der Waals surface area contributed by atoms with Gasteiger partial charge in [-0.25, -0.2) is 0 Å². The molecule has 0 fully saturated rings. The standard InChI is InChI=1S/C18H17BrClNO3/c1-11(24-14-5-3-13(20)4-6-14)18(22)21-16-8-9-23-17-7-2-12(19)10-15(16)17/h2-7,10-11,16H,8-9H2,1H3,(H,21,22). The molecule has 2 atom stereocenters. The van der Waals surface area contributed by atoms with E-state index in [4.69, 9.17) is 21.1 Å². The van der Waals surface area contributed by atoms with Gasteiger partial charge in [-0.2, -0.15) is 0 Å². The van der Waals surface area contributed by atoms with E-state index in [9.17, 15) is 4.79 Å². The van der Waals surface area contributed by atoms with Crippen LogP contribution in [0.3, 0.4) is 0 Å². The van der Waals surface area contributed by atoms with E-state index >= 15 is 0 Å². The molecule has 0 radical (unpaired) electrons. The Morgan fingerprint density at radius 1 is 1.33 bits per heavy atom. The van der Waals surface area contributed by atoms with E-state index in [0.29, 0.717) is 17.4 Å². The van der Waals surface area contributed by atoms with Gasteiger partial charge in [-0.05, 0) is 49.4 Å². The molecular formula is C18H17BrClNO3. The summed E-state index contributed by atoms with van der Waals surface area (Å²) in [7, 11) is 0. The van der Waals surface area contributed by atoms with Gasteiger partial charge in [0.05, 0.1) is 12.6 Å². The van der Waals surface area contributed by atoms with Crippen molar-refractivity contribution in [1.82, 2.24) is 5.32 Å². The van der Waals surface area contributed by atoms with Crippen LogP contribution in [-0.2, 0) is 4.79 Å². The maximum atomic E-state index is 12.5. The molecule has 2 aromatic rings. The number of hydrogen-bond acceptors (Lipinski definition) is 3. The molecule has 2 unspecified atom stereocenters. The number of hydrogen-bond donors (Lipinski definition) is 1. The summed E-state index contributed by atoms with van der Waals surface area (Å²) in [6.45, 7) is 2.30. The van der Waals surface area contributed by atoms with Gasteiger partial charge >= 0.3 is 0 Å². The summed E-state index contributed by atoms with van der Waals surface area (Å²) >= 11 is 9.31. The van der Waals surface area contributed by atoms with Crippen molar-refractivity contribution in [3.05, 3.63) is 57.5 Å². The first-order valence-electron chi connectivity index (χ1n) is 7.68. The molecule has 0 spiro atoms. The maximum Gasteiger partial charge on any atom is 0.261 e. The van der Waals surface area contributed by atoms with Gasteiger partial charge in [0.2, 0.25) is 0 Å². The Labute approximate surface area is 154 Å². The normalized spacial score (nSPS) is 17.4. The van der Waals surface area contributed by atoms with Crippen LogP contribution in [0.25, 0.3) is 0 Å². The molecule has 1 N–H and O–H groups in total. The molecule has 4 nitrogen and oxygen atoms in total. The number of rotatable bonds is 4. The van der Waals surface area contributed by atoms with Crippen LogP contribution < -0.4 is 14.8 Å². The highest BCUT2D eigenvalue weighted by Gasteiger charge is 2.25. The second kappa shape index (κ2) is 7.45. The highest BCUT2D eigenvalue weighted by molar-refractivity contribution is 9.10. The number of amides is 1. The molecule has 0 aliphatic carbocycles. The lowest BCUT2D eigenvalue weighted by molar-refractivity contribution is -0.128. The summed E-state index contributed by atoms with van der Waals surface area (Å²) in [6.07, 6.45) is 0.118. The Morgan fingerprint density at radius 3 is 2.83 bits per heavy atom. The van der Waals surface area contributed by atoms with E-state index in [1.165, 1.54) is 0 Å². The van der Waals surface area contributed by atoms with Crippen molar-refractivity contribution >= 4 is 33.4 Å². The number of nitrogens with one attached hydrogen (secondary N) is 1. The number of halogens is 2. The predicted octanol–water partition coefficient (Wildman–Crippen LogP) is 4.51. The Hall–Kier alpha value is -1.72. The van der Waals surface area contributed by atoms with Crippen LogP contribution in [-0.4, -0.2) is 18.6 Å². The lowest BCUT2D eigenvalue weighted by Gasteiger charge is -2.28. The largest absolute Gasteiger partial charge is 0.493 e. The SMILES string of the molecule is CC(Oc1ccc(Cl)cc1)C(=O)NC1CCOc2ccc(Br)cc21. The van der Waals surface area contributed by atoms with E-state index in [1.807, 2.05) is 18.2 Å². The van der Waals surface area contributed by atoms with Gasteiger partial charge in [-0.3, -0.25) is 4.79 Å². The average molecular weight is 411 g/mol. The van der Waals surface area contributed by atoms with E-state index in [0.717, 1.165) is 22.2 Å². The molecule has 1 heterocycles. The first kappa shape index (κ1) is 17.1. The smallest absolute Gasteiger partial charge is 0.261 e. The summed E-state index contributed by atoms with van der Waals surface area (Å²) in [4.78, 5) is 12.5. The zero-order chi connectivity index (χ0) is 17.1. The third-order valence-electron chi connectivity index (χ3n) is 3.82. The fraction of sp³-hybridized carbons (Fsp3) is 0.278. The van der Waals surface area contributed by atoms with Gasteiger partial charge in [-0.15, -0.1) is 0 Å². The number of benzene rings is 2. The molecular weight excluding hydrogens is 394 g/mol. The molecule has 1 aliphatic heterocycles. The van der Waals surface area contributed by atoms with Gasteiger partial charge in [0, 0.05) is 21.5 Å². The van der Waals surface area contributed by atoms with Crippen LogP contribution in [0.4, 0.5) is 0 Å². The first-order chi connectivity index (χ1) is 11.5. The van der Waals surface area contributed by atoms with E-state index in [-0.39, 0.29) is 11.9 Å². The van der Waals surface area contributed by atoms with Crippen LogP contribution in [0, 0.1) is 0 Å². The van der Waals surface area contributed by atoms with Crippen molar-refractivity contribution in [2.24, 2.45) is 0 Å². The van der Waals surface area contributed by atoms with Crippen molar-refractivity contribution < 1.29 is 14.3 Å². The van der Waals surface area contributed by atoms with Crippen LogP contribution in [0.15, 0.2) is 46.9 Å². The number of ether oxygens (including phenoxy) is 2. The second-order valence-corrected chi connectivity index (χ2v) is 6.95. The summed E-state index contributed by atoms with van der Waals surface area (Å²) in [6, 6.07) is 12.7. The van der Waals surface area contributed by atoms with Crippen molar-refractivity contribution in [2.45, 2.75) is 25.5 Å². The van der Waals surface area contributed by atoms with E-state index in [1.54, 1.807) is 31.2 Å². The number of carbonyl (C=O) groups excluding carboxylic acids is 1. The molecule has 0 bridgehead atoms. The minimum atomic E-state index is -0.607. The van der Waals surface area contributed by atoms with Gasteiger partial charge in [0.25, 0.3) is 5.91 Å². The van der Waals surface area contributed by atoms with Gasteiger partial charge in [-0.1, -0.05) is 27.5 Å². The van der Waals surface area contributed by atoms with Crippen LogP contribution in [0.2, 0.25) is 5.02 Å². The van der Waals surface area contributed by atoms with Crippen molar-refractivity contribution in [3.8, 4) is 11.5 Å². The summed E-state index contributed by atoms with van der Waals surface area (Å²) in [5, 5.41) is 3.67. The van der Waals surface area contributed by atoms with E-state index < -0.39 is 6.10 Å². The minimum absolute atomic E-state index is 0.0879. The molecule has 24 heavy (non-hydrogen) atoms. The summed E-state index contributed by atoms with van der Waals surface area (Å²) < 4.78 is 12.3. The molecule has 3 rings (SSSR count). The topological polar surface area (TPSA) is 47.6 Å². The summed E-state index contributed by atoms with van der Waals surface area (Å²) in [5.74, 6) is 1.25. The number of carbonyl (C=O) groups is 1. The molecule has 6 heteroatoms. The average Bonchev–Trinajstić information content (AvgIpc) is 2.57. The Bertz CT molecular complexity index is 736. The zero-order valence-corrected chi connectivity index (χ0v) is 15.4. The van der Waals surface area contributed by atoms with Gasteiger partial charge in [0.15, 0.2) is 6.10 Å². The Balaban J connectivity index is 1.67. The lowest BCUT2D eigenvalue weighted by atomic mass is 10.0. The summed E-state index contributed by atoms with van der Waals surface area (Å²) in [5.41, 5.74) is 0.975. The highest BCUT2D eigenvalue weighted by Crippen LogP contribution is 2.34. The molecule has 0 aromatic heterocycles. The fourth-order valence-corrected chi connectivity index (χ4v) is 3.08. The van der Waals surface area contributed by atoms with E-state index in [2.05, 4.69) is 21.2 Å². The maximum absolute atomic E-state index is 12.5. The highest BCUT2D eigenvalue weighted by atomic mass is 79.9. The molecule has 0 saturated heterocycles. The Kier molecular flexibility index (Phi) is 5.31. The van der Waals surface area contributed by atoms with Gasteiger partial charge < -0.3 is 14.8 Å². The Morgan fingerprint density at radius 2 is 2.08 bits per heavy atom. The predicted molar refractivity (Wildman–Crippen MR) is 96.7 cm³/mol. The monoisotopic (exact) mass is 409 g/mol. The lowest BCUT2D eigenvalue weighted by Crippen LogP contribution is -2.40. The van der Waals surface area contributed by atoms with Crippen LogP contribution >= 0.6 is 27.5 Å². The molecule has 0 saturated carbocycles. The second-order valence-electron chi connectivity index (χ2n) is 5.59. The third kappa shape index (κ3) is 4.02. The minimum Gasteiger partial charge on any atom is -0.493 e. The van der Waals surface area contributed by atoms with Crippen LogP contribution in [0.5, 0.6) is 11.5 Å². The number of fused-ring (bicyclic) bond motifs is 1. The van der Waals surface area contributed by atoms with Crippen LogP contribution in [0.1, 0.15) is 24.9 Å². The molecule has 1 amide bonds. The van der Waals surface area contributed by atoms with Crippen molar-refractivity contribution in [1.29, 1.82) is 0 Å². The molecule has 1 aliphatic rings. The van der Waals surface area contributed by atoms with Gasteiger partial charge in [0.1, 0.15) is 11.5 Å². The fourth-order valence-electron chi connectivity index (χ4n) is 2.58. The molecule has 2 aromatic carbocycles. The third-order valence-corrected chi connectivity index (χ3v) is 4.57. The quantitative estimate of drug-likeness (QED) is 0.807. The van der Waals surface area contributed by atoms with Crippen molar-refractivity contribution in [2.75, 3.05) is 6.61 Å².